The Morgan fingerprint density at radius 1 is 1.16 bits per heavy atom. The zero-order valence-corrected chi connectivity index (χ0v) is 22.3. The van der Waals surface area contributed by atoms with Gasteiger partial charge in [0.25, 0.3) is 0 Å². The van der Waals surface area contributed by atoms with E-state index in [1.807, 2.05) is 18.2 Å². The van der Waals surface area contributed by atoms with Crippen molar-refractivity contribution in [1.82, 2.24) is 9.80 Å². The monoisotopic (exact) mass is 550 g/mol. The van der Waals surface area contributed by atoms with E-state index >= 15 is 0 Å². The standard InChI is InChI=1S/C28H33ClF2N2O5/c1-37-13-3-4-18-5-9-23(29)19(14-18)16-33(21-7-8-21)26(34)22-17-32(27(35)36)12-11-28(22,38-2)20-6-10-24(30)25(31)15-20/h5-6,9-10,14-15,21-22H,3-4,7-8,11-13,16-17H2,1-2H3,(H,35,36)/t22-,28+/m1/s1. The molecule has 2 amide bonds. The number of amides is 2. The lowest BCUT2D eigenvalue weighted by atomic mass is 9.74. The van der Waals surface area contributed by atoms with Crippen LogP contribution in [-0.2, 0) is 32.8 Å². The summed E-state index contributed by atoms with van der Waals surface area (Å²) in [5.41, 5.74) is 0.850. The molecule has 0 spiro atoms. The van der Waals surface area contributed by atoms with Gasteiger partial charge in [-0.2, -0.15) is 0 Å². The maximum absolute atomic E-state index is 14.3. The molecule has 0 unspecified atom stereocenters. The molecule has 2 fully saturated rings. The van der Waals surface area contributed by atoms with Gasteiger partial charge in [0.2, 0.25) is 5.91 Å². The Balaban J connectivity index is 1.68. The molecule has 2 aliphatic rings. The van der Waals surface area contributed by atoms with Crippen molar-refractivity contribution in [2.24, 2.45) is 5.92 Å². The van der Waals surface area contributed by atoms with E-state index in [0.717, 1.165) is 48.9 Å². The molecule has 0 aromatic heterocycles. The molecular formula is C28H33ClF2N2O5. The number of carboxylic acid groups (broad SMARTS) is 1. The molecule has 1 saturated heterocycles. The number of carbonyl (C=O) groups is 2. The number of hydrogen-bond acceptors (Lipinski definition) is 4. The first-order valence-electron chi connectivity index (χ1n) is 12.8. The molecule has 10 heteroatoms. The smallest absolute Gasteiger partial charge is 0.407 e. The summed E-state index contributed by atoms with van der Waals surface area (Å²) in [7, 11) is 3.07. The lowest BCUT2D eigenvalue weighted by Crippen LogP contribution is -2.58. The van der Waals surface area contributed by atoms with Crippen LogP contribution in [0.15, 0.2) is 36.4 Å². The minimum absolute atomic E-state index is 0.0181. The highest BCUT2D eigenvalue weighted by Crippen LogP contribution is 2.44. The normalized spacial score (nSPS) is 21.4. The third-order valence-electron chi connectivity index (χ3n) is 7.60. The molecule has 38 heavy (non-hydrogen) atoms. The summed E-state index contributed by atoms with van der Waals surface area (Å²) < 4.78 is 39.1. The van der Waals surface area contributed by atoms with Gasteiger partial charge in [-0.3, -0.25) is 4.79 Å². The van der Waals surface area contributed by atoms with Crippen LogP contribution in [0.2, 0.25) is 5.02 Å². The summed E-state index contributed by atoms with van der Waals surface area (Å²) in [6.07, 6.45) is 2.25. The van der Waals surface area contributed by atoms with Gasteiger partial charge in [-0.1, -0.05) is 29.8 Å². The predicted molar refractivity (Wildman–Crippen MR) is 138 cm³/mol. The first kappa shape index (κ1) is 28.3. The van der Waals surface area contributed by atoms with Crippen molar-refractivity contribution in [3.05, 3.63) is 69.7 Å². The fourth-order valence-electron chi connectivity index (χ4n) is 5.33. The average Bonchev–Trinajstić information content (AvgIpc) is 3.75. The van der Waals surface area contributed by atoms with Crippen LogP contribution in [0.3, 0.4) is 0 Å². The van der Waals surface area contributed by atoms with Gasteiger partial charge in [-0.15, -0.1) is 0 Å². The number of ether oxygens (including phenoxy) is 2. The third-order valence-corrected chi connectivity index (χ3v) is 7.96. The fourth-order valence-corrected chi connectivity index (χ4v) is 5.51. The van der Waals surface area contributed by atoms with Gasteiger partial charge in [-0.05, 0) is 67.0 Å². The highest BCUT2D eigenvalue weighted by molar-refractivity contribution is 6.31. The average molecular weight is 551 g/mol. The van der Waals surface area contributed by atoms with Gasteiger partial charge in [0.1, 0.15) is 5.60 Å². The van der Waals surface area contributed by atoms with Crippen LogP contribution in [-0.4, -0.2) is 66.9 Å². The van der Waals surface area contributed by atoms with E-state index in [1.54, 1.807) is 12.0 Å². The SMILES string of the molecule is COCCCc1ccc(Cl)c(CN(C(=O)[C@H]2CN(C(=O)O)CC[C@]2(OC)c2ccc(F)c(F)c2)C2CC2)c1. The zero-order valence-electron chi connectivity index (χ0n) is 21.6. The minimum Gasteiger partial charge on any atom is -0.465 e. The number of halogens is 3. The van der Waals surface area contributed by atoms with Crippen molar-refractivity contribution in [2.45, 2.75) is 50.3 Å². The van der Waals surface area contributed by atoms with Crippen LogP contribution >= 0.6 is 11.6 Å². The van der Waals surface area contributed by atoms with E-state index in [2.05, 4.69) is 0 Å². The van der Waals surface area contributed by atoms with Crippen molar-refractivity contribution < 1.29 is 33.0 Å². The van der Waals surface area contributed by atoms with E-state index < -0.39 is 29.2 Å². The number of nitrogens with zero attached hydrogens (tertiary/aromatic N) is 2. The molecule has 0 radical (unpaired) electrons. The lowest BCUT2D eigenvalue weighted by Gasteiger charge is -2.47. The number of methoxy groups -OCH3 is 2. The maximum atomic E-state index is 14.3. The largest absolute Gasteiger partial charge is 0.465 e. The topological polar surface area (TPSA) is 79.3 Å². The number of likely N-dealkylation sites (tertiary alicyclic amines) is 1. The Hall–Kier alpha value is -2.75. The highest BCUT2D eigenvalue weighted by atomic mass is 35.5. The molecular weight excluding hydrogens is 518 g/mol. The first-order chi connectivity index (χ1) is 18.2. The van der Waals surface area contributed by atoms with E-state index in [4.69, 9.17) is 21.1 Å². The summed E-state index contributed by atoms with van der Waals surface area (Å²) in [6.45, 7) is 0.844. The molecule has 1 heterocycles. The third kappa shape index (κ3) is 5.95. The highest BCUT2D eigenvalue weighted by Gasteiger charge is 2.52. The number of rotatable bonds is 10. The minimum atomic E-state index is -1.32. The van der Waals surface area contributed by atoms with Crippen LogP contribution < -0.4 is 0 Å². The van der Waals surface area contributed by atoms with Crippen LogP contribution in [0, 0.1) is 17.6 Å². The maximum Gasteiger partial charge on any atom is 0.407 e. The summed E-state index contributed by atoms with van der Waals surface area (Å²) in [5, 5.41) is 10.2. The number of aryl methyl sites for hydroxylation is 1. The van der Waals surface area contributed by atoms with E-state index in [9.17, 15) is 23.5 Å². The molecule has 1 aliphatic carbocycles. The second-order valence-electron chi connectivity index (χ2n) is 9.97. The van der Waals surface area contributed by atoms with Crippen LogP contribution in [0.25, 0.3) is 0 Å². The van der Waals surface area contributed by atoms with Crippen LogP contribution in [0.1, 0.15) is 42.4 Å². The van der Waals surface area contributed by atoms with Crippen LogP contribution in [0.5, 0.6) is 0 Å². The van der Waals surface area contributed by atoms with Crippen molar-refractivity contribution in [3.8, 4) is 0 Å². The van der Waals surface area contributed by atoms with Gasteiger partial charge >= 0.3 is 6.09 Å². The zero-order chi connectivity index (χ0) is 27.4. The van der Waals surface area contributed by atoms with Crippen molar-refractivity contribution in [1.29, 1.82) is 0 Å². The van der Waals surface area contributed by atoms with Gasteiger partial charge in [0.05, 0.1) is 5.92 Å². The lowest BCUT2D eigenvalue weighted by molar-refractivity contribution is -0.159. The summed E-state index contributed by atoms with van der Waals surface area (Å²) in [6, 6.07) is 9.19. The van der Waals surface area contributed by atoms with Gasteiger partial charge in [-0.25, -0.2) is 13.6 Å². The number of carbonyl (C=O) groups excluding carboxylic acids is 1. The summed E-state index contributed by atoms with van der Waals surface area (Å²) >= 11 is 6.54. The van der Waals surface area contributed by atoms with Crippen molar-refractivity contribution in [3.63, 3.8) is 0 Å². The molecule has 2 aromatic rings. The number of piperidine rings is 1. The second kappa shape index (κ2) is 12.0. The summed E-state index contributed by atoms with van der Waals surface area (Å²) in [5.74, 6) is -3.33. The number of benzene rings is 2. The van der Waals surface area contributed by atoms with E-state index in [-0.39, 0.29) is 38.0 Å². The summed E-state index contributed by atoms with van der Waals surface area (Å²) in [4.78, 5) is 29.1. The molecule has 206 valence electrons. The van der Waals surface area contributed by atoms with E-state index in [0.29, 0.717) is 17.2 Å². The molecule has 1 N–H and O–H groups in total. The van der Waals surface area contributed by atoms with Gasteiger partial charge in [0.15, 0.2) is 11.6 Å². The Morgan fingerprint density at radius 2 is 1.92 bits per heavy atom. The Kier molecular flexibility index (Phi) is 8.90. The van der Waals surface area contributed by atoms with Gasteiger partial charge in [0, 0.05) is 51.5 Å². The quantitative estimate of drug-likeness (QED) is 0.410. The Morgan fingerprint density at radius 3 is 2.55 bits per heavy atom. The van der Waals surface area contributed by atoms with E-state index in [1.165, 1.54) is 18.1 Å². The van der Waals surface area contributed by atoms with Gasteiger partial charge < -0.3 is 24.4 Å². The molecule has 1 saturated carbocycles. The molecule has 7 nitrogen and oxygen atoms in total. The van der Waals surface area contributed by atoms with Crippen molar-refractivity contribution >= 4 is 23.6 Å². The predicted octanol–water partition coefficient (Wildman–Crippen LogP) is 5.23. The Labute approximate surface area is 226 Å². The molecule has 2 aromatic carbocycles. The Bertz CT molecular complexity index is 1180. The molecule has 1 aliphatic heterocycles. The van der Waals surface area contributed by atoms with Crippen molar-refractivity contribution in [2.75, 3.05) is 33.9 Å². The first-order valence-corrected chi connectivity index (χ1v) is 13.1. The molecule has 4 rings (SSSR count). The fraction of sp³-hybridized carbons (Fsp3) is 0.500. The number of hydrogen-bond donors (Lipinski definition) is 1. The van der Waals surface area contributed by atoms with Crippen LogP contribution in [0.4, 0.5) is 13.6 Å². The second-order valence-corrected chi connectivity index (χ2v) is 10.4. The molecule has 2 atom stereocenters. The molecule has 0 bridgehead atoms.